The van der Waals surface area contributed by atoms with E-state index in [0.717, 1.165) is 6.42 Å². The number of nitrogens with zero attached hydrogens (tertiary/aromatic N) is 1. The molecule has 0 saturated heterocycles. The van der Waals surface area contributed by atoms with Gasteiger partial charge in [-0.1, -0.05) is 6.92 Å². The largest absolute Gasteiger partial charge is 0.257 e. The highest BCUT2D eigenvalue weighted by atomic mass is 15.7. The smallest absolute Gasteiger partial charge is 0.0223 e. The minimum absolute atomic E-state index is 0.501. The van der Waals surface area contributed by atoms with Gasteiger partial charge in [0.05, 0.1) is 0 Å². The zero-order valence-electron chi connectivity index (χ0n) is 6.31. The fourth-order valence-electron chi connectivity index (χ4n) is 0.486. The Bertz CT molecular complexity index is 66.0. The van der Waals surface area contributed by atoms with Gasteiger partial charge in [-0.05, 0) is 13.3 Å². The van der Waals surface area contributed by atoms with E-state index >= 15 is 0 Å². The normalized spacial score (nSPS) is 14.3. The van der Waals surface area contributed by atoms with Crippen LogP contribution in [0, 0.1) is 0 Å². The van der Waals surface area contributed by atoms with E-state index in [1.807, 2.05) is 12.1 Å². The Kier molecular flexibility index (Phi) is 4.61. The van der Waals surface area contributed by atoms with Crippen LogP contribution in [0.4, 0.5) is 0 Å². The van der Waals surface area contributed by atoms with Crippen molar-refractivity contribution in [1.82, 2.24) is 16.1 Å². The summed E-state index contributed by atoms with van der Waals surface area (Å²) in [4.78, 5) is 0. The van der Waals surface area contributed by atoms with E-state index in [1.54, 1.807) is 0 Å². The summed E-state index contributed by atoms with van der Waals surface area (Å²) in [5, 5.41) is 1.92. The number of hydrogen-bond acceptors (Lipinski definition) is 4. The van der Waals surface area contributed by atoms with Gasteiger partial charge in [0.2, 0.25) is 0 Å². The van der Waals surface area contributed by atoms with Crippen molar-refractivity contribution in [2.75, 3.05) is 7.05 Å². The van der Waals surface area contributed by atoms with Crippen molar-refractivity contribution in [2.24, 2.45) is 5.84 Å². The van der Waals surface area contributed by atoms with Crippen LogP contribution in [0.2, 0.25) is 0 Å². The van der Waals surface area contributed by atoms with Crippen LogP contribution >= 0.6 is 0 Å². The second-order valence-corrected chi connectivity index (χ2v) is 2.12. The van der Waals surface area contributed by atoms with Crippen molar-refractivity contribution in [3.63, 3.8) is 0 Å². The van der Waals surface area contributed by atoms with Crippen LogP contribution in [0.25, 0.3) is 0 Å². The fourth-order valence-corrected chi connectivity index (χ4v) is 0.486. The van der Waals surface area contributed by atoms with Crippen molar-refractivity contribution in [1.29, 1.82) is 0 Å². The van der Waals surface area contributed by atoms with Crippen LogP contribution < -0.4 is 16.9 Å². The molecule has 0 aliphatic rings. The SMILES string of the molecule is CCC(C)N(C)NNN. The Hall–Kier alpha value is -0.160. The molecule has 0 aromatic carbocycles. The van der Waals surface area contributed by atoms with E-state index in [0.29, 0.717) is 6.04 Å². The maximum Gasteiger partial charge on any atom is 0.0223 e. The predicted molar refractivity (Wildman–Crippen MR) is 38.0 cm³/mol. The lowest BCUT2D eigenvalue weighted by Crippen LogP contribution is -2.51. The fraction of sp³-hybridized carbons (Fsp3) is 1.00. The molecule has 1 atom stereocenters. The third kappa shape index (κ3) is 3.42. The van der Waals surface area contributed by atoms with Crippen molar-refractivity contribution in [3.8, 4) is 0 Å². The van der Waals surface area contributed by atoms with Gasteiger partial charge in [0.15, 0.2) is 0 Å². The molecule has 0 aromatic heterocycles. The highest BCUT2D eigenvalue weighted by Crippen LogP contribution is 1.93. The van der Waals surface area contributed by atoms with Crippen molar-refractivity contribution in [2.45, 2.75) is 26.3 Å². The van der Waals surface area contributed by atoms with Crippen LogP contribution in [-0.4, -0.2) is 18.1 Å². The minimum Gasteiger partial charge on any atom is -0.257 e. The molecule has 0 fully saturated rings. The molecule has 4 N–H and O–H groups in total. The first kappa shape index (κ1) is 8.84. The van der Waals surface area contributed by atoms with E-state index in [1.165, 1.54) is 0 Å². The molecule has 0 heterocycles. The summed E-state index contributed by atoms with van der Waals surface area (Å²) >= 11 is 0. The highest BCUT2D eigenvalue weighted by molar-refractivity contribution is 4.52. The summed E-state index contributed by atoms with van der Waals surface area (Å²) in [7, 11) is 1.94. The molecule has 0 aromatic rings. The van der Waals surface area contributed by atoms with Gasteiger partial charge in [0, 0.05) is 13.1 Å². The van der Waals surface area contributed by atoms with Crippen LogP contribution in [-0.2, 0) is 0 Å². The van der Waals surface area contributed by atoms with Crippen LogP contribution in [0.5, 0.6) is 0 Å². The predicted octanol–water partition coefficient (Wildman–Crippen LogP) is -0.400. The average Bonchev–Trinajstić information content (AvgIpc) is 1.87. The zero-order chi connectivity index (χ0) is 7.28. The topological polar surface area (TPSA) is 53.3 Å². The number of rotatable bonds is 4. The molecule has 0 amide bonds. The highest BCUT2D eigenvalue weighted by Gasteiger charge is 2.02. The summed E-state index contributed by atoms with van der Waals surface area (Å²) in [5.41, 5.74) is 5.12. The molecular weight excluding hydrogens is 116 g/mol. The standard InChI is InChI=1S/C5H16N4/c1-4-5(2)9(3)8-7-6/h5,7-8H,4,6H2,1-3H3. The maximum absolute atomic E-state index is 5.02. The van der Waals surface area contributed by atoms with Crippen LogP contribution in [0.3, 0.4) is 0 Å². The summed E-state index contributed by atoms with van der Waals surface area (Å²) in [5.74, 6) is 5.02. The average molecular weight is 132 g/mol. The Labute approximate surface area is 56.3 Å². The van der Waals surface area contributed by atoms with Gasteiger partial charge in [-0.2, -0.15) is 11.1 Å². The van der Waals surface area contributed by atoms with Crippen molar-refractivity contribution >= 4 is 0 Å². The van der Waals surface area contributed by atoms with E-state index in [9.17, 15) is 0 Å². The van der Waals surface area contributed by atoms with E-state index in [4.69, 9.17) is 5.84 Å². The third-order valence-electron chi connectivity index (χ3n) is 1.49. The van der Waals surface area contributed by atoms with E-state index in [-0.39, 0.29) is 0 Å². The van der Waals surface area contributed by atoms with Crippen molar-refractivity contribution < 1.29 is 0 Å². The second kappa shape index (κ2) is 4.69. The minimum atomic E-state index is 0.501. The molecule has 0 radical (unpaired) electrons. The van der Waals surface area contributed by atoms with Gasteiger partial charge < -0.3 is 0 Å². The Morgan fingerprint density at radius 1 is 1.67 bits per heavy atom. The number of hydrazine groups is 3. The lowest BCUT2D eigenvalue weighted by atomic mass is 10.3. The quantitative estimate of drug-likeness (QED) is 0.360. The molecule has 56 valence electrons. The molecule has 0 aliphatic heterocycles. The molecule has 4 heteroatoms. The molecule has 0 rings (SSSR count). The first-order valence-electron chi connectivity index (χ1n) is 3.16. The summed E-state index contributed by atoms with van der Waals surface area (Å²) in [6, 6.07) is 0.501. The molecular formula is C5H16N4. The summed E-state index contributed by atoms with van der Waals surface area (Å²) in [6.07, 6.45) is 1.10. The number of hydrogen-bond donors (Lipinski definition) is 3. The van der Waals surface area contributed by atoms with Crippen LogP contribution in [0.1, 0.15) is 20.3 Å². The van der Waals surface area contributed by atoms with Gasteiger partial charge in [0.25, 0.3) is 0 Å². The molecule has 0 bridgehead atoms. The first-order valence-corrected chi connectivity index (χ1v) is 3.16. The molecule has 0 saturated carbocycles. The number of nitrogens with one attached hydrogen (secondary N) is 2. The molecule has 4 nitrogen and oxygen atoms in total. The third-order valence-corrected chi connectivity index (χ3v) is 1.49. The lowest BCUT2D eigenvalue weighted by Gasteiger charge is -2.22. The zero-order valence-corrected chi connectivity index (χ0v) is 6.31. The van der Waals surface area contributed by atoms with Crippen molar-refractivity contribution in [3.05, 3.63) is 0 Å². The van der Waals surface area contributed by atoms with Crippen LogP contribution in [0.15, 0.2) is 0 Å². The van der Waals surface area contributed by atoms with Gasteiger partial charge >= 0.3 is 0 Å². The van der Waals surface area contributed by atoms with E-state index in [2.05, 4.69) is 24.9 Å². The molecule has 0 spiro atoms. The number of nitrogens with two attached hydrogens (primary N) is 1. The summed E-state index contributed by atoms with van der Waals surface area (Å²) in [6.45, 7) is 4.24. The monoisotopic (exact) mass is 132 g/mol. The molecule has 9 heavy (non-hydrogen) atoms. The maximum atomic E-state index is 5.02. The Morgan fingerprint density at radius 2 is 2.22 bits per heavy atom. The molecule has 0 aliphatic carbocycles. The summed E-state index contributed by atoms with van der Waals surface area (Å²) < 4.78 is 0. The Balaban J connectivity index is 3.32. The van der Waals surface area contributed by atoms with Gasteiger partial charge in [-0.25, -0.2) is 5.01 Å². The lowest BCUT2D eigenvalue weighted by molar-refractivity contribution is 0.138. The first-order chi connectivity index (χ1) is 4.22. The van der Waals surface area contributed by atoms with Gasteiger partial charge in [-0.15, -0.1) is 0 Å². The Morgan fingerprint density at radius 3 is 2.56 bits per heavy atom. The second-order valence-electron chi connectivity index (χ2n) is 2.12. The van der Waals surface area contributed by atoms with E-state index < -0.39 is 0 Å². The van der Waals surface area contributed by atoms with Gasteiger partial charge in [0.1, 0.15) is 0 Å². The molecule has 1 unspecified atom stereocenters. The van der Waals surface area contributed by atoms with Gasteiger partial charge in [-0.3, -0.25) is 5.84 Å².